The summed E-state index contributed by atoms with van der Waals surface area (Å²) in [6.07, 6.45) is 1.34. The van der Waals surface area contributed by atoms with E-state index in [1.165, 1.54) is 13.3 Å². The Morgan fingerprint density at radius 1 is 0.912 bits per heavy atom. The number of rotatable bonds is 8. The normalized spacial score (nSPS) is 10.4. The van der Waals surface area contributed by atoms with Crippen molar-refractivity contribution in [2.24, 2.45) is 5.10 Å². The molecule has 0 spiro atoms. The quantitative estimate of drug-likeness (QED) is 0.259. The van der Waals surface area contributed by atoms with Gasteiger partial charge < -0.3 is 20.1 Å². The number of nitrogens with zero attached hydrogens (tertiary/aromatic N) is 1. The molecular formula is C24H21ClN4O5. The van der Waals surface area contributed by atoms with Crippen molar-refractivity contribution in [3.63, 3.8) is 0 Å². The first kappa shape index (κ1) is 24.3. The largest absolute Gasteiger partial charge is 0.497 e. The molecule has 0 saturated heterocycles. The minimum atomic E-state index is -0.942. The molecule has 10 heteroatoms. The van der Waals surface area contributed by atoms with Gasteiger partial charge in [-0.05, 0) is 42.0 Å². The zero-order valence-corrected chi connectivity index (χ0v) is 18.8. The Labute approximate surface area is 200 Å². The van der Waals surface area contributed by atoms with E-state index in [9.17, 15) is 14.4 Å². The van der Waals surface area contributed by atoms with Crippen molar-refractivity contribution in [1.29, 1.82) is 0 Å². The van der Waals surface area contributed by atoms with Gasteiger partial charge in [0.05, 0.1) is 24.0 Å². The van der Waals surface area contributed by atoms with Gasteiger partial charge in [-0.1, -0.05) is 41.9 Å². The van der Waals surface area contributed by atoms with Crippen molar-refractivity contribution < 1.29 is 23.9 Å². The number of carbonyl (C=O) groups is 3. The summed E-state index contributed by atoms with van der Waals surface area (Å²) in [5.41, 5.74) is 3.63. The summed E-state index contributed by atoms with van der Waals surface area (Å²) < 4.78 is 10.6. The van der Waals surface area contributed by atoms with Crippen LogP contribution < -0.4 is 25.5 Å². The molecule has 174 valence electrons. The van der Waals surface area contributed by atoms with Crippen molar-refractivity contribution in [2.45, 2.75) is 0 Å². The van der Waals surface area contributed by atoms with E-state index in [1.54, 1.807) is 72.8 Å². The maximum absolute atomic E-state index is 12.1. The summed E-state index contributed by atoms with van der Waals surface area (Å²) in [5.74, 6) is -1.24. The van der Waals surface area contributed by atoms with E-state index in [0.717, 1.165) is 0 Å². The fourth-order valence-corrected chi connectivity index (χ4v) is 2.87. The molecule has 0 saturated carbocycles. The van der Waals surface area contributed by atoms with Gasteiger partial charge in [-0.3, -0.25) is 14.4 Å². The van der Waals surface area contributed by atoms with Crippen molar-refractivity contribution in [3.8, 4) is 11.5 Å². The first-order valence-corrected chi connectivity index (χ1v) is 10.4. The average Bonchev–Trinajstić information content (AvgIpc) is 2.84. The first-order chi connectivity index (χ1) is 16.4. The second-order valence-corrected chi connectivity index (χ2v) is 7.18. The zero-order valence-electron chi connectivity index (χ0n) is 18.1. The smallest absolute Gasteiger partial charge is 0.329 e. The van der Waals surface area contributed by atoms with Crippen LogP contribution in [0.4, 0.5) is 11.4 Å². The lowest BCUT2D eigenvalue weighted by atomic mass is 10.2. The Balaban J connectivity index is 1.48. The standard InChI is InChI=1S/C24H21ClN4O5/c1-33-18-8-5-7-17(13-18)27-23(31)24(32)29-26-14-16-6-4-9-19(12-16)34-15-22(30)28-21-11-3-2-10-20(21)25/h2-14H,15H2,1H3,(H,27,31)(H,28,30)(H,29,32)/b26-14-. The van der Waals surface area contributed by atoms with E-state index in [0.29, 0.717) is 33.5 Å². The third kappa shape index (κ3) is 7.35. The molecule has 0 unspecified atom stereocenters. The van der Waals surface area contributed by atoms with Crippen LogP contribution in [0.2, 0.25) is 5.02 Å². The summed E-state index contributed by atoms with van der Waals surface area (Å²) in [6, 6.07) is 20.2. The number of nitrogens with one attached hydrogen (secondary N) is 3. The van der Waals surface area contributed by atoms with E-state index < -0.39 is 11.8 Å². The molecule has 0 aromatic heterocycles. The number of carbonyl (C=O) groups excluding carboxylic acids is 3. The second-order valence-electron chi connectivity index (χ2n) is 6.77. The van der Waals surface area contributed by atoms with Crippen LogP contribution >= 0.6 is 11.6 Å². The minimum absolute atomic E-state index is 0.229. The van der Waals surface area contributed by atoms with E-state index in [2.05, 4.69) is 21.2 Å². The number of para-hydroxylation sites is 1. The van der Waals surface area contributed by atoms with Crippen LogP contribution in [0.15, 0.2) is 77.9 Å². The van der Waals surface area contributed by atoms with Crippen LogP contribution in [-0.4, -0.2) is 37.7 Å². The number of benzene rings is 3. The molecule has 0 heterocycles. The Bertz CT molecular complexity index is 1220. The highest BCUT2D eigenvalue weighted by molar-refractivity contribution is 6.39. The summed E-state index contributed by atoms with van der Waals surface area (Å²) in [4.78, 5) is 36.1. The molecule has 3 N–H and O–H groups in total. The van der Waals surface area contributed by atoms with Gasteiger partial charge in [0, 0.05) is 11.8 Å². The highest BCUT2D eigenvalue weighted by Crippen LogP contribution is 2.20. The number of hydrazone groups is 1. The van der Waals surface area contributed by atoms with E-state index in [1.807, 2.05) is 0 Å². The summed E-state index contributed by atoms with van der Waals surface area (Å²) >= 11 is 6.02. The van der Waals surface area contributed by atoms with Gasteiger partial charge in [-0.2, -0.15) is 5.10 Å². The highest BCUT2D eigenvalue weighted by Gasteiger charge is 2.13. The molecule has 34 heavy (non-hydrogen) atoms. The first-order valence-electron chi connectivity index (χ1n) is 10.0. The van der Waals surface area contributed by atoms with E-state index in [4.69, 9.17) is 21.1 Å². The summed E-state index contributed by atoms with van der Waals surface area (Å²) in [5, 5.41) is 9.32. The van der Waals surface area contributed by atoms with Gasteiger partial charge in [0.25, 0.3) is 5.91 Å². The van der Waals surface area contributed by atoms with Gasteiger partial charge in [0.15, 0.2) is 6.61 Å². The molecule has 0 atom stereocenters. The molecule has 3 aromatic carbocycles. The Morgan fingerprint density at radius 3 is 2.47 bits per heavy atom. The fraction of sp³-hybridized carbons (Fsp3) is 0.0833. The van der Waals surface area contributed by atoms with Gasteiger partial charge in [0.2, 0.25) is 0 Å². The minimum Gasteiger partial charge on any atom is -0.497 e. The molecule has 0 fully saturated rings. The molecule has 3 amide bonds. The highest BCUT2D eigenvalue weighted by atomic mass is 35.5. The molecule has 0 bridgehead atoms. The van der Waals surface area contributed by atoms with Crippen molar-refractivity contribution >= 4 is 46.9 Å². The predicted molar refractivity (Wildman–Crippen MR) is 129 cm³/mol. The lowest BCUT2D eigenvalue weighted by Gasteiger charge is -2.09. The lowest BCUT2D eigenvalue weighted by molar-refractivity contribution is -0.136. The maximum Gasteiger partial charge on any atom is 0.329 e. The van der Waals surface area contributed by atoms with Crippen molar-refractivity contribution in [1.82, 2.24) is 5.43 Å². The third-order valence-corrected chi connectivity index (χ3v) is 4.62. The number of ether oxygens (including phenoxy) is 2. The molecule has 9 nitrogen and oxygen atoms in total. The van der Waals surface area contributed by atoms with Crippen LogP contribution in [-0.2, 0) is 14.4 Å². The maximum atomic E-state index is 12.1. The fourth-order valence-electron chi connectivity index (χ4n) is 2.69. The van der Waals surface area contributed by atoms with Crippen LogP contribution in [0.5, 0.6) is 11.5 Å². The number of methoxy groups -OCH3 is 1. The van der Waals surface area contributed by atoms with Gasteiger partial charge in [-0.25, -0.2) is 5.43 Å². The molecule has 3 aromatic rings. The van der Waals surface area contributed by atoms with Gasteiger partial charge in [0.1, 0.15) is 11.5 Å². The number of amides is 3. The van der Waals surface area contributed by atoms with Crippen LogP contribution in [0, 0.1) is 0 Å². The Kier molecular flexibility index (Phi) is 8.59. The van der Waals surface area contributed by atoms with Crippen LogP contribution in [0.3, 0.4) is 0 Å². The number of halogens is 1. The molecule has 3 rings (SSSR count). The van der Waals surface area contributed by atoms with Crippen LogP contribution in [0.25, 0.3) is 0 Å². The van der Waals surface area contributed by atoms with E-state index >= 15 is 0 Å². The Hall–Kier alpha value is -4.37. The predicted octanol–water partition coefficient (Wildman–Crippen LogP) is 3.45. The molecular weight excluding hydrogens is 460 g/mol. The molecule has 0 aliphatic carbocycles. The van der Waals surface area contributed by atoms with Crippen molar-refractivity contribution in [3.05, 3.63) is 83.4 Å². The molecule has 0 radical (unpaired) electrons. The van der Waals surface area contributed by atoms with E-state index in [-0.39, 0.29) is 12.5 Å². The van der Waals surface area contributed by atoms with Crippen LogP contribution in [0.1, 0.15) is 5.56 Å². The third-order valence-electron chi connectivity index (χ3n) is 4.29. The number of anilines is 2. The zero-order chi connectivity index (χ0) is 24.3. The topological polar surface area (TPSA) is 118 Å². The van der Waals surface area contributed by atoms with Crippen molar-refractivity contribution in [2.75, 3.05) is 24.4 Å². The lowest BCUT2D eigenvalue weighted by Crippen LogP contribution is -2.32. The van der Waals surface area contributed by atoms with Gasteiger partial charge in [-0.15, -0.1) is 0 Å². The number of hydrogen-bond donors (Lipinski definition) is 3. The number of hydrogen-bond acceptors (Lipinski definition) is 6. The molecule has 0 aliphatic heterocycles. The second kappa shape index (κ2) is 12.0. The Morgan fingerprint density at radius 2 is 1.68 bits per heavy atom. The average molecular weight is 481 g/mol. The molecule has 0 aliphatic rings. The summed E-state index contributed by atoms with van der Waals surface area (Å²) in [6.45, 7) is -0.229. The summed E-state index contributed by atoms with van der Waals surface area (Å²) in [7, 11) is 1.50. The van der Waals surface area contributed by atoms with Gasteiger partial charge >= 0.3 is 11.8 Å². The monoisotopic (exact) mass is 480 g/mol. The SMILES string of the molecule is COc1cccc(NC(=O)C(=O)N/N=C\c2cccc(OCC(=O)Nc3ccccc3Cl)c2)c1.